The number of halogens is 1. The summed E-state index contributed by atoms with van der Waals surface area (Å²) in [4.78, 5) is 147. The molecule has 0 bridgehead atoms. The van der Waals surface area contributed by atoms with E-state index in [1.54, 1.807) is 13.8 Å². The molecule has 3 saturated carbocycles. The molecule has 56 nitrogen and oxygen atoms in total. The molecule has 9 heterocycles. The van der Waals surface area contributed by atoms with Gasteiger partial charge in [0.05, 0.1) is 72.1 Å². The Bertz CT molecular complexity index is 4620. The van der Waals surface area contributed by atoms with Crippen LogP contribution in [0, 0.1) is 22.7 Å². The number of Topliss-reactive ketones (excluding diaryl/α,β-unsaturated/α-hetero) is 1. The average molecular weight is 2080 g/mol. The fraction of sp³-hybridized carbons (Fsp3) is 0.828. The van der Waals surface area contributed by atoms with E-state index in [1.807, 2.05) is 0 Å². The van der Waals surface area contributed by atoms with E-state index in [4.69, 9.17) is 94.7 Å². The third kappa shape index (κ3) is 22.0. The van der Waals surface area contributed by atoms with Crippen LogP contribution in [0.5, 0.6) is 0 Å². The van der Waals surface area contributed by atoms with Crippen molar-refractivity contribution in [3.63, 3.8) is 0 Å². The number of hydrogen-bond acceptors (Lipinski definition) is 51. The summed E-state index contributed by atoms with van der Waals surface area (Å²) in [6.45, 7) is 4.05. The predicted molar refractivity (Wildman–Crippen MR) is 455 cm³/mol. The third-order valence-corrected chi connectivity index (χ3v) is 29.2. The lowest BCUT2D eigenvalue weighted by Crippen LogP contribution is -2.71. The zero-order chi connectivity index (χ0) is 106. The number of aliphatic hydroxyl groups excluding tert-OH is 18. The molecule has 13 aliphatic rings. The van der Waals surface area contributed by atoms with Gasteiger partial charge in [-0.15, -0.1) is 0 Å². The van der Waals surface area contributed by atoms with Gasteiger partial charge in [-0.3, -0.25) is 43.8 Å². The summed E-state index contributed by atoms with van der Waals surface area (Å²) < 4.78 is 141. The van der Waals surface area contributed by atoms with Crippen molar-refractivity contribution in [2.75, 3.05) is 60.9 Å². The molecule has 144 heavy (non-hydrogen) atoms. The van der Waals surface area contributed by atoms with Crippen LogP contribution in [0.25, 0.3) is 0 Å². The van der Waals surface area contributed by atoms with Crippen LogP contribution in [-0.4, -0.2) is 493 Å². The molecule has 0 aromatic heterocycles. The van der Waals surface area contributed by atoms with Crippen molar-refractivity contribution < 1.29 is 249 Å². The number of amides is 5. The van der Waals surface area contributed by atoms with Gasteiger partial charge in [0.25, 0.3) is 5.91 Å². The number of carbonyl (C=O) groups excluding carboxylic acids is 11. The average Bonchev–Trinajstić information content (AvgIpc) is 1.47. The van der Waals surface area contributed by atoms with Crippen LogP contribution in [0.4, 0.5) is 4.39 Å². The molecule has 0 radical (unpaired) electrons. The summed E-state index contributed by atoms with van der Waals surface area (Å²) in [6, 6.07) is -7.27. The fourth-order valence-corrected chi connectivity index (χ4v) is 22.1. The predicted octanol–water partition coefficient (Wildman–Crippen LogP) is -14.3. The van der Waals surface area contributed by atoms with Gasteiger partial charge in [-0.1, -0.05) is 18.6 Å². The van der Waals surface area contributed by atoms with E-state index in [9.17, 15) is 140 Å². The van der Waals surface area contributed by atoms with Crippen LogP contribution in [-0.2, 0) is 152 Å². The molecule has 12 fully saturated rings. The summed E-state index contributed by atoms with van der Waals surface area (Å²) in [7, 11) is 2.57. The largest absolute Gasteiger partial charge is 0.467 e. The van der Waals surface area contributed by atoms with Crippen LogP contribution < -0.4 is 32.1 Å². The molecule has 24 N–H and O–H groups in total. The van der Waals surface area contributed by atoms with Crippen LogP contribution >= 0.6 is 0 Å². The van der Waals surface area contributed by atoms with E-state index in [-0.39, 0.29) is 50.9 Å². The van der Waals surface area contributed by atoms with Crippen molar-refractivity contribution in [1.29, 1.82) is 0 Å². The van der Waals surface area contributed by atoms with Crippen molar-refractivity contribution in [2.24, 2.45) is 22.7 Å². The number of ether oxygens (including phenoxy) is 21. The molecule has 49 atom stereocenters. The molecule has 4 aliphatic carbocycles. The topological polar surface area (TPSA) is 818 Å². The van der Waals surface area contributed by atoms with Gasteiger partial charge < -0.3 is 213 Å². The minimum Gasteiger partial charge on any atom is -0.467 e. The number of fused-ring (bicyclic) bond motifs is 7. The van der Waals surface area contributed by atoms with E-state index in [1.165, 1.54) is 25.2 Å². The summed E-state index contributed by atoms with van der Waals surface area (Å²) in [5.74, 6) is -12.6. The van der Waals surface area contributed by atoms with Gasteiger partial charge in [-0.05, 0) is 70.4 Å². The summed E-state index contributed by atoms with van der Waals surface area (Å²) in [5, 5.41) is 218. The number of allylic oxidation sites excluding steroid dienone is 4. The van der Waals surface area contributed by atoms with Crippen molar-refractivity contribution in [2.45, 2.75) is 369 Å². The highest BCUT2D eigenvalue weighted by molar-refractivity contribution is 6.01. The Morgan fingerprint density at radius 1 is 0.451 bits per heavy atom. The molecule has 9 saturated heterocycles. The van der Waals surface area contributed by atoms with E-state index in [0.717, 1.165) is 55.9 Å². The first-order valence-electron chi connectivity index (χ1n) is 46.7. The van der Waals surface area contributed by atoms with Crippen LogP contribution in [0.3, 0.4) is 0 Å². The Hall–Kier alpha value is -7.46. The first-order valence-corrected chi connectivity index (χ1v) is 46.7. The van der Waals surface area contributed by atoms with E-state index in [2.05, 4.69) is 36.9 Å². The Morgan fingerprint density at radius 2 is 0.833 bits per heavy atom. The van der Waals surface area contributed by atoms with Gasteiger partial charge in [0.1, 0.15) is 165 Å². The van der Waals surface area contributed by atoms with Gasteiger partial charge in [-0.2, -0.15) is 0 Å². The number of ketones is 2. The van der Waals surface area contributed by atoms with Crippen LogP contribution in [0.15, 0.2) is 23.8 Å². The van der Waals surface area contributed by atoms with Gasteiger partial charge in [-0.25, -0.2) is 24.2 Å². The second-order valence-corrected chi connectivity index (χ2v) is 38.2. The number of hydrogen-bond donors (Lipinski definition) is 24. The van der Waals surface area contributed by atoms with Crippen molar-refractivity contribution in [3.8, 4) is 0 Å². The molecule has 0 aromatic rings. The third-order valence-electron chi connectivity index (χ3n) is 29.2. The Kier molecular flexibility index (Phi) is 36.8. The maximum absolute atomic E-state index is 18.4. The zero-order valence-electron chi connectivity index (χ0n) is 79.7. The molecule has 0 aromatic carbocycles. The lowest BCUT2D eigenvalue weighted by atomic mass is 9.44. The molecule has 5 amide bonds. The van der Waals surface area contributed by atoms with E-state index >= 15 is 9.18 Å². The highest BCUT2D eigenvalue weighted by Crippen LogP contribution is 2.72. The van der Waals surface area contributed by atoms with Gasteiger partial charge >= 0.3 is 23.9 Å². The Labute approximate surface area is 819 Å². The zero-order valence-corrected chi connectivity index (χ0v) is 79.7. The van der Waals surface area contributed by atoms with Gasteiger partial charge in [0, 0.05) is 57.9 Å². The van der Waals surface area contributed by atoms with Gasteiger partial charge in [0.15, 0.2) is 98.4 Å². The van der Waals surface area contributed by atoms with E-state index in [0.29, 0.717) is 5.57 Å². The first-order chi connectivity index (χ1) is 68.0. The van der Waals surface area contributed by atoms with Crippen LogP contribution in [0.2, 0.25) is 0 Å². The molecular formula is C87H129FN6O50. The summed E-state index contributed by atoms with van der Waals surface area (Å²) in [5.41, 5.74) is -1.68. The normalized spacial score (nSPS) is 46.1. The smallest absolute Gasteiger partial charge is 0.337 e. The van der Waals surface area contributed by atoms with Gasteiger partial charge in [0.2, 0.25) is 29.4 Å². The number of methoxy groups -OCH3 is 3. The van der Waals surface area contributed by atoms with Crippen molar-refractivity contribution in [1.82, 2.24) is 32.1 Å². The highest BCUT2D eigenvalue weighted by Gasteiger charge is 2.80. The number of nitrogens with one attached hydrogen (secondary N) is 6. The maximum Gasteiger partial charge on any atom is 0.337 e. The highest BCUT2D eigenvalue weighted by atomic mass is 19.1. The number of hydrazine groups is 1. The van der Waals surface area contributed by atoms with E-state index < -0.39 is 390 Å². The SMILES string of the molecule is COC(=O)C1O[C@@H](O[C@H]2C(CO)O[C@@H](O[C@H]3C(C(=O)OC)O[C@@H](O[C@H]4C(CO)O[C@@H](O[C@H]5C(C(=O)NNCCCC6OC7CC8C9CCC%10=CC(=O)C=CC%10(C)C9(F)C(O)CC8(C)C7(C(=O)COC(C)=O)O6)O[C@@H](O[C@H]6C(CO)O[C@@H](O[C@H]7C(C(=O)OC)O[C@@H](O[C@H]8C(CO)O[C@@H](C)C(NC(C)=O)[C@H]8O)C(O)[C@H]7O)C(NC(C)=O)[C@H]6O)C(O)[C@H]5O)C(NC(C)=O)[C@H]4O)C(O)[C@H]3O)C(NC(C)=O)[C@H]2O)C(O)[C@@H](O)[C@H]1O. The molecule has 814 valence electrons. The number of carbonyl (C=O) groups is 11. The summed E-state index contributed by atoms with van der Waals surface area (Å²) >= 11 is 0. The van der Waals surface area contributed by atoms with Crippen molar-refractivity contribution in [3.05, 3.63) is 23.8 Å². The molecule has 13 rings (SSSR count). The Balaban J connectivity index is 0.744. The monoisotopic (exact) mass is 2080 g/mol. The molecule has 0 spiro atoms. The second kappa shape index (κ2) is 46.6. The molecule has 9 aliphatic heterocycles. The lowest BCUT2D eigenvalue weighted by Gasteiger charge is -2.62. The maximum atomic E-state index is 18.4. The molecular weight excluding hydrogens is 1950 g/mol. The number of alkyl halides is 1. The second-order valence-electron chi connectivity index (χ2n) is 38.2. The summed E-state index contributed by atoms with van der Waals surface area (Å²) in [6.07, 6.45) is -78.0. The fourth-order valence-electron chi connectivity index (χ4n) is 22.1. The number of aliphatic hydroxyl groups is 18. The number of esters is 4. The first kappa shape index (κ1) is 114. The molecule has 57 heteroatoms. The van der Waals surface area contributed by atoms with Crippen molar-refractivity contribution >= 4 is 65.0 Å². The molecule has 25 unspecified atom stereocenters. The Morgan fingerprint density at radius 3 is 1.25 bits per heavy atom. The minimum absolute atomic E-state index is 0.00957. The minimum atomic E-state index is -2.61. The number of rotatable bonds is 34. The lowest BCUT2D eigenvalue weighted by molar-refractivity contribution is -0.381. The van der Waals surface area contributed by atoms with Crippen LogP contribution in [0.1, 0.15) is 93.9 Å². The quantitative estimate of drug-likeness (QED) is 0.0123. The standard InChI is InChI=1S/C87H129FN6O50/c1-27-45(90-28(2)99)49(107)62(37(22-95)128-27)133-82-60(118)56(114)67(71(142-82)75(122)125-10)138-79-48(93-31(5)102)52(110)64(39(24-97)131-79)135-81-59(117)55(113)66(70(141-81)73(120)94-89-18-12-13-44-132-43-20-36-35-15-14-33-19-34(104)16-17-84(33,7)86(35,88)41(105)21-85(36,8)87(43,144-44)42(106)26-127-32(6)103)137-77-46(91-29(3)100)50(108)65(40(25-98)129-77)136-83-61(119)57(115)68(72(143-83)76(123)126-11)139-78-47(92-30(4)101)51(109)63(38(23-96)130-78)134-80-58(116)53(111)54(112)69(140-80)74(121)124-9/h16-17,19,27,35-41,43-72,77-83,89,95-98,105,107-119H,12-15,18,20-26H2,1-11H3,(H,90,99)(H,91,100)(H,92,101)(H,93,102)(H,94,120)/t27-,35?,36?,37?,38?,39?,40?,41?,43?,44?,45?,46?,47?,48?,49+,50+,51+,52+,53-,54+,55+,56+,57+,58?,59?,60?,61?,62-,63-,64-,65-,66+,67+,68+,69?,70?,71?,72?,77-,78-,79-,80+,81+,82+,83+,84?,85?,86?,87?/m0/s1.